The predicted octanol–water partition coefficient (Wildman–Crippen LogP) is 1.26. The molecule has 2 N–H and O–H groups in total. The molecule has 0 fully saturated rings. The number of hydrogen-bond donors (Lipinski definition) is 2. The third-order valence-electron chi connectivity index (χ3n) is 2.34. The van der Waals surface area contributed by atoms with Gasteiger partial charge in [0, 0.05) is 31.5 Å². The molecule has 4 nitrogen and oxygen atoms in total. The molecule has 0 aliphatic rings. The maximum Gasteiger partial charge on any atom is 0.0724 e. The van der Waals surface area contributed by atoms with Gasteiger partial charge in [-0.15, -0.1) is 0 Å². The standard InChI is InChI=1S/C12H22N4/c1-4-5-13-6-10(2)14-8-12-9-15-11(3)7-16-12/h7,9-10,13-14H,4-6,8H2,1-3H3. The Bertz CT molecular complexity index is 284. The van der Waals surface area contributed by atoms with E-state index in [0.717, 1.165) is 31.0 Å². The number of hydrogen-bond acceptors (Lipinski definition) is 4. The Balaban J connectivity index is 2.20. The van der Waals surface area contributed by atoms with Gasteiger partial charge >= 0.3 is 0 Å². The molecule has 0 aliphatic heterocycles. The van der Waals surface area contributed by atoms with E-state index in [1.165, 1.54) is 6.42 Å². The normalized spacial score (nSPS) is 12.7. The van der Waals surface area contributed by atoms with Crippen molar-refractivity contribution in [3.05, 3.63) is 23.8 Å². The largest absolute Gasteiger partial charge is 0.315 e. The molecule has 0 radical (unpaired) electrons. The lowest BCUT2D eigenvalue weighted by atomic mass is 10.3. The lowest BCUT2D eigenvalue weighted by molar-refractivity contribution is 0.497. The van der Waals surface area contributed by atoms with Crippen LogP contribution in [0.15, 0.2) is 12.4 Å². The van der Waals surface area contributed by atoms with Crippen molar-refractivity contribution in [1.82, 2.24) is 20.6 Å². The number of rotatable bonds is 7. The molecule has 1 heterocycles. The van der Waals surface area contributed by atoms with Crippen molar-refractivity contribution >= 4 is 0 Å². The first-order valence-corrected chi connectivity index (χ1v) is 5.94. The molecule has 1 aromatic heterocycles. The van der Waals surface area contributed by atoms with Crippen LogP contribution in [0.3, 0.4) is 0 Å². The van der Waals surface area contributed by atoms with Gasteiger partial charge in [0.1, 0.15) is 0 Å². The molecular weight excluding hydrogens is 200 g/mol. The van der Waals surface area contributed by atoms with E-state index in [-0.39, 0.29) is 0 Å². The molecule has 0 saturated heterocycles. The Labute approximate surface area is 97.9 Å². The monoisotopic (exact) mass is 222 g/mol. The van der Waals surface area contributed by atoms with E-state index in [2.05, 4.69) is 34.4 Å². The van der Waals surface area contributed by atoms with E-state index in [1.807, 2.05) is 13.1 Å². The maximum absolute atomic E-state index is 4.30. The number of aryl methyl sites for hydroxylation is 1. The smallest absolute Gasteiger partial charge is 0.0724 e. The minimum Gasteiger partial charge on any atom is -0.315 e. The third kappa shape index (κ3) is 5.19. The average molecular weight is 222 g/mol. The van der Waals surface area contributed by atoms with Gasteiger partial charge in [-0.05, 0) is 26.8 Å². The SMILES string of the molecule is CCCNCC(C)NCc1cnc(C)cn1. The van der Waals surface area contributed by atoms with Crippen molar-refractivity contribution in [1.29, 1.82) is 0 Å². The van der Waals surface area contributed by atoms with Crippen molar-refractivity contribution in [2.75, 3.05) is 13.1 Å². The van der Waals surface area contributed by atoms with E-state index in [9.17, 15) is 0 Å². The highest BCUT2D eigenvalue weighted by Crippen LogP contribution is 1.94. The molecule has 16 heavy (non-hydrogen) atoms. The molecule has 90 valence electrons. The summed E-state index contributed by atoms with van der Waals surface area (Å²) in [6, 6.07) is 0.453. The van der Waals surface area contributed by atoms with Crippen molar-refractivity contribution in [3.8, 4) is 0 Å². The molecule has 4 heteroatoms. The van der Waals surface area contributed by atoms with Gasteiger partial charge in [-0.3, -0.25) is 9.97 Å². The molecule has 0 aliphatic carbocycles. The molecule has 0 spiro atoms. The van der Waals surface area contributed by atoms with Gasteiger partial charge in [0.05, 0.1) is 11.4 Å². The van der Waals surface area contributed by atoms with Gasteiger partial charge in [0.25, 0.3) is 0 Å². The molecule has 1 unspecified atom stereocenters. The van der Waals surface area contributed by atoms with Crippen LogP contribution >= 0.6 is 0 Å². The second-order valence-electron chi connectivity index (χ2n) is 4.14. The van der Waals surface area contributed by atoms with Crippen LogP contribution in [-0.2, 0) is 6.54 Å². The summed E-state index contributed by atoms with van der Waals surface area (Å²) in [5, 5.41) is 6.79. The topological polar surface area (TPSA) is 49.8 Å². The summed E-state index contributed by atoms with van der Waals surface area (Å²) >= 11 is 0. The summed E-state index contributed by atoms with van der Waals surface area (Å²) in [5.74, 6) is 0. The number of nitrogens with one attached hydrogen (secondary N) is 2. The summed E-state index contributed by atoms with van der Waals surface area (Å²) in [6.07, 6.45) is 4.81. The summed E-state index contributed by atoms with van der Waals surface area (Å²) in [6.45, 7) is 9.14. The number of nitrogens with zero attached hydrogens (tertiary/aromatic N) is 2. The maximum atomic E-state index is 4.30. The molecule has 1 atom stereocenters. The van der Waals surface area contributed by atoms with Gasteiger partial charge < -0.3 is 10.6 Å². The van der Waals surface area contributed by atoms with Crippen LogP contribution in [0, 0.1) is 6.92 Å². The lowest BCUT2D eigenvalue weighted by Gasteiger charge is -2.13. The summed E-state index contributed by atoms with van der Waals surface area (Å²) in [5.41, 5.74) is 1.95. The Kier molecular flexibility index (Phi) is 5.96. The minimum atomic E-state index is 0.453. The second-order valence-corrected chi connectivity index (χ2v) is 4.14. The van der Waals surface area contributed by atoms with Crippen molar-refractivity contribution in [3.63, 3.8) is 0 Å². The molecule has 1 rings (SSSR count). The minimum absolute atomic E-state index is 0.453. The molecule has 0 aromatic carbocycles. The Hall–Kier alpha value is -1.00. The van der Waals surface area contributed by atoms with Crippen LogP contribution in [0.25, 0.3) is 0 Å². The van der Waals surface area contributed by atoms with Crippen molar-refractivity contribution < 1.29 is 0 Å². The molecule has 0 amide bonds. The van der Waals surface area contributed by atoms with Gasteiger partial charge in [-0.25, -0.2) is 0 Å². The van der Waals surface area contributed by atoms with Gasteiger partial charge in [0.15, 0.2) is 0 Å². The summed E-state index contributed by atoms with van der Waals surface area (Å²) in [4.78, 5) is 8.52. The predicted molar refractivity (Wildman–Crippen MR) is 66.2 cm³/mol. The van der Waals surface area contributed by atoms with Crippen LogP contribution in [0.1, 0.15) is 31.7 Å². The summed E-state index contributed by atoms with van der Waals surface area (Å²) < 4.78 is 0. The fourth-order valence-corrected chi connectivity index (χ4v) is 1.36. The van der Waals surface area contributed by atoms with E-state index >= 15 is 0 Å². The fraction of sp³-hybridized carbons (Fsp3) is 0.667. The lowest BCUT2D eigenvalue weighted by Crippen LogP contribution is -2.36. The zero-order valence-electron chi connectivity index (χ0n) is 10.5. The van der Waals surface area contributed by atoms with Crippen LogP contribution < -0.4 is 10.6 Å². The second kappa shape index (κ2) is 7.30. The van der Waals surface area contributed by atoms with Crippen molar-refractivity contribution in [2.45, 2.75) is 39.8 Å². The molecule has 0 bridgehead atoms. The highest BCUT2D eigenvalue weighted by Gasteiger charge is 2.01. The highest BCUT2D eigenvalue weighted by atomic mass is 15.0. The van der Waals surface area contributed by atoms with E-state index in [4.69, 9.17) is 0 Å². The average Bonchev–Trinajstić information content (AvgIpc) is 2.29. The summed E-state index contributed by atoms with van der Waals surface area (Å²) in [7, 11) is 0. The molecule has 0 saturated carbocycles. The molecular formula is C12H22N4. The Morgan fingerprint density at radius 2 is 2.12 bits per heavy atom. The zero-order chi connectivity index (χ0) is 11.8. The van der Waals surface area contributed by atoms with Crippen LogP contribution in [0.5, 0.6) is 0 Å². The Morgan fingerprint density at radius 3 is 2.75 bits per heavy atom. The Morgan fingerprint density at radius 1 is 1.31 bits per heavy atom. The van der Waals surface area contributed by atoms with Crippen molar-refractivity contribution in [2.24, 2.45) is 0 Å². The van der Waals surface area contributed by atoms with Gasteiger partial charge in [-0.1, -0.05) is 6.92 Å². The van der Waals surface area contributed by atoms with Gasteiger partial charge in [-0.2, -0.15) is 0 Å². The third-order valence-corrected chi connectivity index (χ3v) is 2.34. The number of aromatic nitrogens is 2. The highest BCUT2D eigenvalue weighted by molar-refractivity contribution is 5.00. The fourth-order valence-electron chi connectivity index (χ4n) is 1.36. The molecule has 1 aromatic rings. The van der Waals surface area contributed by atoms with Crippen LogP contribution in [0.4, 0.5) is 0 Å². The first kappa shape index (κ1) is 13.1. The quantitative estimate of drug-likeness (QED) is 0.682. The van der Waals surface area contributed by atoms with Crippen LogP contribution in [0.2, 0.25) is 0 Å². The first-order chi connectivity index (χ1) is 7.72. The van der Waals surface area contributed by atoms with E-state index < -0.39 is 0 Å². The van der Waals surface area contributed by atoms with Gasteiger partial charge in [0.2, 0.25) is 0 Å². The van der Waals surface area contributed by atoms with E-state index in [1.54, 1.807) is 6.20 Å². The zero-order valence-corrected chi connectivity index (χ0v) is 10.5. The first-order valence-electron chi connectivity index (χ1n) is 5.94. The van der Waals surface area contributed by atoms with Crippen LogP contribution in [-0.4, -0.2) is 29.1 Å². The van der Waals surface area contributed by atoms with E-state index in [0.29, 0.717) is 6.04 Å².